The first-order valence-electron chi connectivity index (χ1n) is 10.8. The Bertz CT molecular complexity index is 750. The van der Waals surface area contributed by atoms with Crippen molar-refractivity contribution in [1.29, 1.82) is 0 Å². The standard InChI is InChI=1S/C22H29NO3/c1-12-13-4-7-22(17(12)24)15(10-13)21-6-3-5-20(2)14(21)11-16(22)26-19(21)23-8-9-25-18(20)23/h13-16,18-19H,1,3-11H2,2H3/t13-,14?,15?,16-,18-,19?,20+,21-,22+/m0/s1. The molecule has 4 heteroatoms. The molecule has 140 valence electrons. The van der Waals surface area contributed by atoms with E-state index in [0.717, 1.165) is 38.0 Å². The van der Waals surface area contributed by atoms with Gasteiger partial charge in [0.15, 0.2) is 5.78 Å². The molecule has 0 aromatic rings. The van der Waals surface area contributed by atoms with E-state index in [2.05, 4.69) is 18.4 Å². The van der Waals surface area contributed by atoms with Crippen LogP contribution in [0.1, 0.15) is 51.9 Å². The number of piperidine rings is 1. The highest BCUT2D eigenvalue weighted by Crippen LogP contribution is 2.78. The van der Waals surface area contributed by atoms with Gasteiger partial charge < -0.3 is 9.47 Å². The van der Waals surface area contributed by atoms with Gasteiger partial charge in [-0.25, -0.2) is 4.90 Å². The van der Waals surface area contributed by atoms with Crippen LogP contribution in [0.15, 0.2) is 12.2 Å². The maximum atomic E-state index is 13.5. The van der Waals surface area contributed by atoms with E-state index >= 15 is 0 Å². The Morgan fingerprint density at radius 1 is 1.15 bits per heavy atom. The van der Waals surface area contributed by atoms with Crippen LogP contribution in [0.3, 0.4) is 0 Å². The average Bonchev–Trinajstić information content (AvgIpc) is 3.14. The number of carbonyl (C=O) groups excluding carboxylic acids is 1. The normalized spacial score (nSPS) is 62.3. The van der Waals surface area contributed by atoms with Crippen molar-refractivity contribution in [3.63, 3.8) is 0 Å². The van der Waals surface area contributed by atoms with Crippen molar-refractivity contribution in [2.24, 2.45) is 34.0 Å². The second-order valence-electron chi connectivity index (χ2n) is 10.6. The van der Waals surface area contributed by atoms with E-state index in [1.807, 2.05) is 0 Å². The number of ether oxygens (including phenoxy) is 2. The first-order chi connectivity index (χ1) is 12.5. The maximum absolute atomic E-state index is 13.5. The third-order valence-corrected chi connectivity index (χ3v) is 10.2. The van der Waals surface area contributed by atoms with Crippen molar-refractivity contribution >= 4 is 5.78 Å². The summed E-state index contributed by atoms with van der Waals surface area (Å²) in [5.41, 5.74) is 1.07. The number of allylic oxidation sites excluding steroid dienone is 1. The van der Waals surface area contributed by atoms with E-state index in [1.165, 1.54) is 25.7 Å². The highest BCUT2D eigenvalue weighted by molar-refractivity contribution is 6.02. The van der Waals surface area contributed by atoms with Gasteiger partial charge in [0, 0.05) is 17.4 Å². The van der Waals surface area contributed by atoms with Gasteiger partial charge in [0.25, 0.3) is 0 Å². The summed E-state index contributed by atoms with van der Waals surface area (Å²) in [7, 11) is 0. The third kappa shape index (κ3) is 1.27. The average molecular weight is 355 g/mol. The number of ketones is 1. The quantitative estimate of drug-likeness (QED) is 0.626. The van der Waals surface area contributed by atoms with Crippen molar-refractivity contribution in [1.82, 2.24) is 4.90 Å². The van der Waals surface area contributed by atoms with Gasteiger partial charge in [-0.3, -0.25) is 4.79 Å². The molecule has 0 N–H and O–H groups in total. The Balaban J connectivity index is 1.46. The summed E-state index contributed by atoms with van der Waals surface area (Å²) in [4.78, 5) is 16.1. The van der Waals surface area contributed by atoms with Crippen LogP contribution in [0, 0.1) is 34.0 Å². The Morgan fingerprint density at radius 2 is 2.04 bits per heavy atom. The van der Waals surface area contributed by atoms with E-state index in [4.69, 9.17) is 9.47 Å². The van der Waals surface area contributed by atoms with Crippen LogP contribution >= 0.6 is 0 Å². The number of hydrogen-bond donors (Lipinski definition) is 0. The minimum absolute atomic E-state index is 0.105. The molecule has 4 nitrogen and oxygen atoms in total. The van der Waals surface area contributed by atoms with Crippen LogP contribution in [0.2, 0.25) is 0 Å². The lowest BCUT2D eigenvalue weighted by atomic mass is 9.32. The molecule has 9 aliphatic rings. The maximum Gasteiger partial charge on any atom is 0.167 e. The van der Waals surface area contributed by atoms with E-state index in [0.29, 0.717) is 23.5 Å². The Hall–Kier alpha value is -0.710. The molecule has 3 unspecified atom stereocenters. The molecule has 5 aliphatic carbocycles. The number of fused-ring (bicyclic) bond motifs is 4. The molecule has 26 heavy (non-hydrogen) atoms. The number of carbonyl (C=O) groups is 1. The Labute approximate surface area is 155 Å². The summed E-state index contributed by atoms with van der Waals surface area (Å²) < 4.78 is 13.2. The lowest BCUT2D eigenvalue weighted by Crippen LogP contribution is -2.82. The summed E-state index contributed by atoms with van der Waals surface area (Å²) in [6, 6.07) is 0. The first-order valence-corrected chi connectivity index (χ1v) is 10.8. The molecule has 4 aliphatic heterocycles. The highest BCUT2D eigenvalue weighted by atomic mass is 16.6. The van der Waals surface area contributed by atoms with Gasteiger partial charge in [-0.1, -0.05) is 19.9 Å². The molecular weight excluding hydrogens is 326 g/mol. The van der Waals surface area contributed by atoms with Crippen LogP contribution in [-0.2, 0) is 14.3 Å². The fraction of sp³-hybridized carbons (Fsp3) is 0.864. The van der Waals surface area contributed by atoms with Crippen molar-refractivity contribution in [2.45, 2.75) is 70.4 Å². The van der Waals surface area contributed by atoms with Gasteiger partial charge in [0.05, 0.1) is 18.1 Å². The van der Waals surface area contributed by atoms with Crippen molar-refractivity contribution in [3.05, 3.63) is 12.2 Å². The smallest absolute Gasteiger partial charge is 0.167 e. The molecule has 2 spiro atoms. The second kappa shape index (κ2) is 4.31. The van der Waals surface area contributed by atoms with Gasteiger partial charge in [-0.2, -0.15) is 0 Å². The fourth-order valence-corrected chi connectivity index (χ4v) is 9.47. The van der Waals surface area contributed by atoms with Crippen LogP contribution in [0.4, 0.5) is 0 Å². The Morgan fingerprint density at radius 3 is 2.92 bits per heavy atom. The number of hydrogen-bond acceptors (Lipinski definition) is 4. The van der Waals surface area contributed by atoms with Gasteiger partial charge >= 0.3 is 0 Å². The molecule has 4 saturated heterocycles. The van der Waals surface area contributed by atoms with Crippen LogP contribution in [-0.4, -0.2) is 42.4 Å². The monoisotopic (exact) mass is 355 g/mol. The highest BCUT2D eigenvalue weighted by Gasteiger charge is 2.81. The topological polar surface area (TPSA) is 38.8 Å². The minimum atomic E-state index is -0.246. The summed E-state index contributed by atoms with van der Waals surface area (Å²) in [6.07, 6.45) is 8.74. The van der Waals surface area contributed by atoms with Crippen LogP contribution < -0.4 is 0 Å². The molecule has 9 fully saturated rings. The molecule has 4 heterocycles. The SMILES string of the molecule is C=C1C(=O)[C@]23CC[C@H]1CC2[C@]12CCC[C@]4(C)C1C[C@@H]3OC2N1CCO[C@H]14. The van der Waals surface area contributed by atoms with Gasteiger partial charge in [0.2, 0.25) is 0 Å². The molecule has 7 bridgehead atoms. The Kier molecular flexibility index (Phi) is 2.53. The third-order valence-electron chi connectivity index (χ3n) is 10.2. The van der Waals surface area contributed by atoms with E-state index in [-0.39, 0.29) is 34.8 Å². The van der Waals surface area contributed by atoms with Gasteiger partial charge in [-0.05, 0) is 61.9 Å². The fourth-order valence-electron chi connectivity index (χ4n) is 9.47. The van der Waals surface area contributed by atoms with Crippen molar-refractivity contribution < 1.29 is 14.3 Å². The molecular formula is C22H29NO3. The lowest BCUT2D eigenvalue weighted by Gasteiger charge is -2.78. The number of rotatable bonds is 0. The first kappa shape index (κ1) is 15.2. The summed E-state index contributed by atoms with van der Waals surface area (Å²) in [5.74, 6) is 1.98. The summed E-state index contributed by atoms with van der Waals surface area (Å²) in [6.45, 7) is 8.55. The predicted octanol–water partition coefficient (Wildman–Crippen LogP) is 3.12. The van der Waals surface area contributed by atoms with Gasteiger partial charge in [0.1, 0.15) is 12.5 Å². The van der Waals surface area contributed by atoms with E-state index in [9.17, 15) is 4.79 Å². The summed E-state index contributed by atoms with van der Waals surface area (Å²) >= 11 is 0. The molecule has 5 saturated carbocycles. The molecule has 0 amide bonds. The second-order valence-corrected chi connectivity index (χ2v) is 10.6. The minimum Gasteiger partial charge on any atom is -0.361 e. The number of Topliss-reactive ketones (excluding diaryl/α,β-unsaturated/α-hetero) is 1. The van der Waals surface area contributed by atoms with Gasteiger partial charge in [-0.15, -0.1) is 0 Å². The molecule has 9 atom stereocenters. The van der Waals surface area contributed by atoms with Crippen molar-refractivity contribution in [3.8, 4) is 0 Å². The zero-order valence-electron chi connectivity index (χ0n) is 15.7. The zero-order valence-corrected chi connectivity index (χ0v) is 15.7. The van der Waals surface area contributed by atoms with E-state index < -0.39 is 0 Å². The molecule has 0 aromatic carbocycles. The predicted molar refractivity (Wildman–Crippen MR) is 95.0 cm³/mol. The van der Waals surface area contributed by atoms with Crippen LogP contribution in [0.5, 0.6) is 0 Å². The molecule has 0 radical (unpaired) electrons. The molecule has 0 aromatic heterocycles. The summed E-state index contributed by atoms with van der Waals surface area (Å²) in [5, 5.41) is 0. The van der Waals surface area contributed by atoms with Crippen LogP contribution in [0.25, 0.3) is 0 Å². The lowest BCUT2D eigenvalue weighted by molar-refractivity contribution is -0.404. The van der Waals surface area contributed by atoms with Crippen molar-refractivity contribution in [2.75, 3.05) is 13.2 Å². The zero-order chi connectivity index (χ0) is 17.5. The molecule has 9 rings (SSSR count). The van der Waals surface area contributed by atoms with E-state index in [1.54, 1.807) is 0 Å². The largest absolute Gasteiger partial charge is 0.361 e. The number of nitrogens with zero attached hydrogens (tertiary/aromatic N) is 1.